The maximum atomic E-state index is 10.5. The standard InChI is InChI=1S/C12H17N3O2S/c1-3-13-12(14-4-2)18-9-10-5-7-11(8-6-10)15(16)17/h5-8H,3-4,9H2,1-2H3,(H,13,14). The average Bonchev–Trinajstić information content (AvgIpc) is 2.37. The van der Waals surface area contributed by atoms with E-state index in [1.807, 2.05) is 13.8 Å². The van der Waals surface area contributed by atoms with E-state index >= 15 is 0 Å². The summed E-state index contributed by atoms with van der Waals surface area (Å²) < 4.78 is 0. The maximum absolute atomic E-state index is 10.5. The van der Waals surface area contributed by atoms with Crippen LogP contribution in [-0.2, 0) is 5.75 Å². The van der Waals surface area contributed by atoms with Gasteiger partial charge in [0.2, 0.25) is 0 Å². The zero-order valence-corrected chi connectivity index (χ0v) is 11.4. The molecule has 0 spiro atoms. The first-order valence-electron chi connectivity index (χ1n) is 5.81. The molecule has 0 fully saturated rings. The molecule has 0 aliphatic heterocycles. The molecule has 0 bridgehead atoms. The molecule has 6 heteroatoms. The Kier molecular flexibility index (Phi) is 6.21. The summed E-state index contributed by atoms with van der Waals surface area (Å²) in [6.07, 6.45) is 0. The van der Waals surface area contributed by atoms with Crippen LogP contribution in [0, 0.1) is 10.1 Å². The molecule has 98 valence electrons. The van der Waals surface area contributed by atoms with Crippen molar-refractivity contribution in [2.45, 2.75) is 19.6 Å². The molecule has 0 saturated heterocycles. The normalized spacial score (nSPS) is 11.3. The zero-order chi connectivity index (χ0) is 13.4. The highest BCUT2D eigenvalue weighted by atomic mass is 32.2. The van der Waals surface area contributed by atoms with Gasteiger partial charge in [-0.05, 0) is 19.4 Å². The summed E-state index contributed by atoms with van der Waals surface area (Å²) in [6, 6.07) is 6.61. The molecule has 0 heterocycles. The van der Waals surface area contributed by atoms with Gasteiger partial charge in [-0.15, -0.1) is 0 Å². The second-order valence-electron chi connectivity index (χ2n) is 3.52. The summed E-state index contributed by atoms with van der Waals surface area (Å²) in [4.78, 5) is 14.5. The van der Waals surface area contributed by atoms with Gasteiger partial charge in [0.1, 0.15) is 0 Å². The highest BCUT2D eigenvalue weighted by Gasteiger charge is 2.05. The summed E-state index contributed by atoms with van der Waals surface area (Å²) >= 11 is 1.61. The average molecular weight is 267 g/mol. The van der Waals surface area contributed by atoms with Crippen molar-refractivity contribution in [1.29, 1.82) is 0 Å². The minimum atomic E-state index is -0.389. The van der Waals surface area contributed by atoms with E-state index in [1.165, 1.54) is 12.1 Å². The number of thioether (sulfide) groups is 1. The second-order valence-corrected chi connectivity index (χ2v) is 4.49. The van der Waals surface area contributed by atoms with E-state index in [4.69, 9.17) is 0 Å². The highest BCUT2D eigenvalue weighted by molar-refractivity contribution is 8.13. The van der Waals surface area contributed by atoms with Gasteiger partial charge in [0, 0.05) is 31.0 Å². The van der Waals surface area contributed by atoms with Gasteiger partial charge in [-0.3, -0.25) is 15.1 Å². The summed E-state index contributed by atoms with van der Waals surface area (Å²) in [5, 5.41) is 14.6. The molecule has 0 radical (unpaired) electrons. The maximum Gasteiger partial charge on any atom is 0.269 e. The van der Waals surface area contributed by atoms with Crippen molar-refractivity contribution in [2.75, 3.05) is 13.1 Å². The van der Waals surface area contributed by atoms with Crippen LogP contribution in [0.25, 0.3) is 0 Å². The number of rotatable bonds is 5. The lowest BCUT2D eigenvalue weighted by molar-refractivity contribution is -0.384. The van der Waals surface area contributed by atoms with Crippen LogP contribution in [0.15, 0.2) is 29.3 Å². The second kappa shape index (κ2) is 7.71. The molecule has 0 unspecified atom stereocenters. The lowest BCUT2D eigenvalue weighted by atomic mass is 10.2. The van der Waals surface area contributed by atoms with Crippen molar-refractivity contribution in [1.82, 2.24) is 5.32 Å². The SMILES string of the molecule is CCN=C(NCC)SCc1ccc([N+](=O)[O-])cc1. The van der Waals surface area contributed by atoms with E-state index in [2.05, 4.69) is 10.3 Å². The first-order chi connectivity index (χ1) is 8.67. The van der Waals surface area contributed by atoms with Gasteiger partial charge in [0.25, 0.3) is 5.69 Å². The molecule has 0 atom stereocenters. The van der Waals surface area contributed by atoms with E-state index < -0.39 is 0 Å². The summed E-state index contributed by atoms with van der Waals surface area (Å²) in [5.74, 6) is 0.754. The number of nitro groups is 1. The number of nitrogens with one attached hydrogen (secondary N) is 1. The van der Waals surface area contributed by atoms with E-state index in [0.717, 1.165) is 29.6 Å². The van der Waals surface area contributed by atoms with Crippen molar-refractivity contribution in [3.8, 4) is 0 Å². The van der Waals surface area contributed by atoms with E-state index in [1.54, 1.807) is 23.9 Å². The van der Waals surface area contributed by atoms with Gasteiger partial charge in [0.15, 0.2) is 5.17 Å². The molecule has 0 aromatic heterocycles. The van der Waals surface area contributed by atoms with Crippen LogP contribution in [0.4, 0.5) is 5.69 Å². The van der Waals surface area contributed by atoms with Crippen LogP contribution in [0.1, 0.15) is 19.4 Å². The number of hydrogen-bond donors (Lipinski definition) is 1. The van der Waals surface area contributed by atoms with Gasteiger partial charge in [-0.2, -0.15) is 0 Å². The van der Waals surface area contributed by atoms with Crippen molar-refractivity contribution in [3.63, 3.8) is 0 Å². The fourth-order valence-electron chi connectivity index (χ4n) is 1.31. The van der Waals surface area contributed by atoms with E-state index in [-0.39, 0.29) is 10.6 Å². The predicted octanol–water partition coefficient (Wildman–Crippen LogP) is 2.81. The third kappa shape index (κ3) is 4.75. The number of amidine groups is 1. The Labute approximate surface area is 111 Å². The molecule has 0 saturated carbocycles. The van der Waals surface area contributed by atoms with Crippen molar-refractivity contribution in [3.05, 3.63) is 39.9 Å². The molecule has 1 aromatic rings. The van der Waals surface area contributed by atoms with Gasteiger partial charge in [-0.25, -0.2) is 0 Å². The fraction of sp³-hybridized carbons (Fsp3) is 0.417. The Bertz CT molecular complexity index is 418. The zero-order valence-electron chi connectivity index (χ0n) is 10.5. The van der Waals surface area contributed by atoms with Crippen LogP contribution in [0.2, 0.25) is 0 Å². The predicted molar refractivity (Wildman–Crippen MR) is 76.0 cm³/mol. The molecule has 0 aliphatic rings. The van der Waals surface area contributed by atoms with Gasteiger partial charge >= 0.3 is 0 Å². The molecule has 0 amide bonds. The number of nitrogens with zero attached hydrogens (tertiary/aromatic N) is 2. The van der Waals surface area contributed by atoms with Gasteiger partial charge in [0.05, 0.1) is 4.92 Å². The molecule has 1 rings (SSSR count). The van der Waals surface area contributed by atoms with Gasteiger partial charge in [-0.1, -0.05) is 23.9 Å². The van der Waals surface area contributed by atoms with Crippen molar-refractivity contribution >= 4 is 22.6 Å². The summed E-state index contributed by atoms with van der Waals surface area (Å²) in [5.41, 5.74) is 1.17. The molecular weight excluding hydrogens is 250 g/mol. The first kappa shape index (κ1) is 14.5. The van der Waals surface area contributed by atoms with Crippen LogP contribution >= 0.6 is 11.8 Å². The Balaban J connectivity index is 2.57. The Morgan fingerprint density at radius 3 is 2.56 bits per heavy atom. The molecule has 18 heavy (non-hydrogen) atoms. The Morgan fingerprint density at radius 1 is 1.39 bits per heavy atom. The third-order valence-electron chi connectivity index (χ3n) is 2.15. The third-order valence-corrected chi connectivity index (χ3v) is 3.18. The monoisotopic (exact) mass is 267 g/mol. The lowest BCUT2D eigenvalue weighted by Crippen LogP contribution is -2.20. The number of benzene rings is 1. The highest BCUT2D eigenvalue weighted by Crippen LogP contribution is 2.17. The van der Waals surface area contributed by atoms with E-state index in [9.17, 15) is 10.1 Å². The van der Waals surface area contributed by atoms with E-state index in [0.29, 0.717) is 0 Å². The first-order valence-corrected chi connectivity index (χ1v) is 6.80. The van der Waals surface area contributed by atoms with Crippen LogP contribution < -0.4 is 5.32 Å². The Hall–Kier alpha value is -1.56. The summed E-state index contributed by atoms with van der Waals surface area (Å²) in [6.45, 7) is 5.60. The van der Waals surface area contributed by atoms with Gasteiger partial charge < -0.3 is 5.32 Å². The lowest BCUT2D eigenvalue weighted by Gasteiger charge is -2.07. The number of nitro benzene ring substituents is 1. The van der Waals surface area contributed by atoms with Crippen LogP contribution in [0.3, 0.4) is 0 Å². The number of aliphatic imine (C=N–C) groups is 1. The quantitative estimate of drug-likeness (QED) is 0.385. The molecule has 1 aromatic carbocycles. The minimum absolute atomic E-state index is 0.123. The molecule has 5 nitrogen and oxygen atoms in total. The van der Waals surface area contributed by atoms with Crippen molar-refractivity contribution < 1.29 is 4.92 Å². The largest absolute Gasteiger partial charge is 0.365 e. The topological polar surface area (TPSA) is 67.5 Å². The molecular formula is C12H17N3O2S. The number of non-ortho nitro benzene ring substituents is 1. The molecule has 0 aliphatic carbocycles. The Morgan fingerprint density at radius 2 is 2.06 bits per heavy atom. The number of hydrogen-bond acceptors (Lipinski definition) is 4. The van der Waals surface area contributed by atoms with Crippen LogP contribution in [-0.4, -0.2) is 23.2 Å². The smallest absolute Gasteiger partial charge is 0.269 e. The minimum Gasteiger partial charge on any atom is -0.365 e. The van der Waals surface area contributed by atoms with Crippen LogP contribution in [0.5, 0.6) is 0 Å². The van der Waals surface area contributed by atoms with Crippen molar-refractivity contribution in [2.24, 2.45) is 4.99 Å². The molecule has 1 N–H and O–H groups in total. The fourth-order valence-corrected chi connectivity index (χ4v) is 2.28. The summed E-state index contributed by atoms with van der Waals surface area (Å²) in [7, 11) is 0.